The van der Waals surface area contributed by atoms with Crippen LogP contribution in [0.15, 0.2) is 48.5 Å². The number of aliphatic hydroxyl groups is 1. The van der Waals surface area contributed by atoms with Gasteiger partial charge < -0.3 is 19.3 Å². The summed E-state index contributed by atoms with van der Waals surface area (Å²) < 4.78 is 16.2. The lowest BCUT2D eigenvalue weighted by Crippen LogP contribution is -2.36. The molecule has 0 heterocycles. The number of hydrogen-bond donors (Lipinski definition) is 1. The first-order chi connectivity index (χ1) is 13.1. The van der Waals surface area contributed by atoms with Crippen molar-refractivity contribution in [3.8, 4) is 11.5 Å². The Labute approximate surface area is 162 Å². The van der Waals surface area contributed by atoms with Crippen molar-refractivity contribution in [2.75, 3.05) is 40.5 Å². The summed E-state index contributed by atoms with van der Waals surface area (Å²) in [4.78, 5) is 2.23. The highest BCUT2D eigenvalue weighted by molar-refractivity contribution is 5.31. The van der Waals surface area contributed by atoms with Gasteiger partial charge in [-0.1, -0.05) is 30.3 Å². The molecule has 0 saturated heterocycles. The van der Waals surface area contributed by atoms with E-state index in [2.05, 4.69) is 17.0 Å². The molecule has 0 saturated carbocycles. The topological polar surface area (TPSA) is 51.2 Å². The van der Waals surface area contributed by atoms with Crippen molar-refractivity contribution in [3.05, 3.63) is 59.7 Å². The number of benzene rings is 2. The smallest absolute Gasteiger partial charge is 0.122 e. The molecular weight excluding hydrogens is 342 g/mol. The van der Waals surface area contributed by atoms with Gasteiger partial charge in [-0.15, -0.1) is 0 Å². The summed E-state index contributed by atoms with van der Waals surface area (Å²) in [6, 6.07) is 15.9. The van der Waals surface area contributed by atoms with Crippen LogP contribution in [-0.4, -0.2) is 56.6 Å². The number of rotatable bonds is 12. The fraction of sp³-hybridized carbons (Fsp3) is 0.455. The van der Waals surface area contributed by atoms with E-state index in [1.165, 1.54) is 5.56 Å². The molecule has 5 heteroatoms. The summed E-state index contributed by atoms with van der Waals surface area (Å²) in [5.41, 5.74) is 2.25. The second-order valence-corrected chi connectivity index (χ2v) is 6.66. The van der Waals surface area contributed by atoms with Crippen molar-refractivity contribution in [2.45, 2.75) is 26.0 Å². The van der Waals surface area contributed by atoms with Crippen LogP contribution in [0.4, 0.5) is 0 Å². The molecule has 1 N–H and O–H groups in total. The zero-order chi connectivity index (χ0) is 19.5. The normalized spacial score (nSPS) is 12.2. The van der Waals surface area contributed by atoms with Crippen LogP contribution in [0.3, 0.4) is 0 Å². The molecule has 0 radical (unpaired) electrons. The number of hydrogen-bond acceptors (Lipinski definition) is 5. The van der Waals surface area contributed by atoms with Gasteiger partial charge in [-0.3, -0.25) is 4.90 Å². The van der Waals surface area contributed by atoms with Gasteiger partial charge in [0.2, 0.25) is 0 Å². The number of para-hydroxylation sites is 1. The Morgan fingerprint density at radius 1 is 1.04 bits per heavy atom. The second kappa shape index (κ2) is 11.6. The van der Waals surface area contributed by atoms with Crippen LogP contribution >= 0.6 is 0 Å². The summed E-state index contributed by atoms with van der Waals surface area (Å²) >= 11 is 0. The number of methoxy groups -OCH3 is 2. The fourth-order valence-corrected chi connectivity index (χ4v) is 2.91. The third kappa shape index (κ3) is 7.59. The van der Waals surface area contributed by atoms with E-state index in [-0.39, 0.29) is 6.61 Å². The van der Waals surface area contributed by atoms with Crippen molar-refractivity contribution >= 4 is 0 Å². The summed E-state index contributed by atoms with van der Waals surface area (Å²) in [5, 5.41) is 10.5. The highest BCUT2D eigenvalue weighted by Crippen LogP contribution is 2.17. The summed E-state index contributed by atoms with van der Waals surface area (Å²) in [6.07, 6.45) is 0.350. The fourth-order valence-electron chi connectivity index (χ4n) is 2.91. The molecule has 0 bridgehead atoms. The van der Waals surface area contributed by atoms with Gasteiger partial charge in [-0.2, -0.15) is 0 Å². The van der Waals surface area contributed by atoms with E-state index in [1.807, 2.05) is 43.3 Å². The molecule has 0 spiro atoms. The third-order valence-corrected chi connectivity index (χ3v) is 4.38. The molecule has 0 amide bonds. The van der Waals surface area contributed by atoms with Gasteiger partial charge in [0.1, 0.15) is 24.2 Å². The van der Waals surface area contributed by atoms with Crippen molar-refractivity contribution in [1.82, 2.24) is 4.90 Å². The Hall–Kier alpha value is -2.08. The van der Waals surface area contributed by atoms with Crippen molar-refractivity contribution in [1.29, 1.82) is 0 Å². The number of aryl methyl sites for hydroxylation is 1. The average molecular weight is 373 g/mol. The zero-order valence-corrected chi connectivity index (χ0v) is 16.6. The van der Waals surface area contributed by atoms with Gasteiger partial charge in [0, 0.05) is 33.4 Å². The quantitative estimate of drug-likeness (QED) is 0.579. The first kappa shape index (κ1) is 21.2. The Morgan fingerprint density at radius 2 is 1.78 bits per heavy atom. The molecule has 2 aromatic rings. The maximum atomic E-state index is 10.5. The maximum Gasteiger partial charge on any atom is 0.122 e. The van der Waals surface area contributed by atoms with Crippen molar-refractivity contribution < 1.29 is 19.3 Å². The minimum absolute atomic E-state index is 0.272. The molecule has 2 aromatic carbocycles. The van der Waals surface area contributed by atoms with Crippen LogP contribution in [0.5, 0.6) is 11.5 Å². The van der Waals surface area contributed by atoms with E-state index in [0.29, 0.717) is 13.2 Å². The van der Waals surface area contributed by atoms with E-state index in [1.54, 1.807) is 14.2 Å². The Bertz CT molecular complexity index is 660. The molecule has 0 fully saturated rings. The Kier molecular flexibility index (Phi) is 9.11. The molecule has 0 unspecified atom stereocenters. The van der Waals surface area contributed by atoms with E-state index < -0.39 is 6.10 Å². The van der Waals surface area contributed by atoms with Crippen LogP contribution in [-0.2, 0) is 11.3 Å². The molecule has 0 aliphatic heterocycles. The van der Waals surface area contributed by atoms with Gasteiger partial charge >= 0.3 is 0 Å². The monoisotopic (exact) mass is 373 g/mol. The summed E-state index contributed by atoms with van der Waals surface area (Å²) in [6.45, 7) is 5.13. The van der Waals surface area contributed by atoms with Crippen LogP contribution in [0, 0.1) is 6.92 Å². The van der Waals surface area contributed by atoms with Crippen LogP contribution in [0.2, 0.25) is 0 Å². The molecule has 148 valence electrons. The highest BCUT2D eigenvalue weighted by atomic mass is 16.5. The van der Waals surface area contributed by atoms with Gasteiger partial charge in [-0.25, -0.2) is 0 Å². The van der Waals surface area contributed by atoms with E-state index in [0.717, 1.165) is 36.6 Å². The lowest BCUT2D eigenvalue weighted by Gasteiger charge is -2.25. The van der Waals surface area contributed by atoms with Crippen LogP contribution in [0.1, 0.15) is 17.5 Å². The third-order valence-electron chi connectivity index (χ3n) is 4.38. The molecule has 0 aliphatic carbocycles. The van der Waals surface area contributed by atoms with Crippen LogP contribution in [0.25, 0.3) is 0 Å². The predicted molar refractivity (Wildman–Crippen MR) is 107 cm³/mol. The van der Waals surface area contributed by atoms with E-state index in [9.17, 15) is 5.11 Å². The zero-order valence-electron chi connectivity index (χ0n) is 16.6. The highest BCUT2D eigenvalue weighted by Gasteiger charge is 2.14. The molecule has 5 nitrogen and oxygen atoms in total. The molecular formula is C22H31NO4. The van der Waals surface area contributed by atoms with Gasteiger partial charge in [0.15, 0.2) is 0 Å². The van der Waals surface area contributed by atoms with Crippen molar-refractivity contribution in [3.63, 3.8) is 0 Å². The molecule has 0 aliphatic rings. The SMILES string of the molecule is COCCCN(Cc1ccc(OC)cc1)C[C@@H](O)COc1ccccc1C. The average Bonchev–Trinajstić information content (AvgIpc) is 2.68. The molecule has 27 heavy (non-hydrogen) atoms. The predicted octanol–water partition coefficient (Wildman–Crippen LogP) is 3.28. The first-order valence-corrected chi connectivity index (χ1v) is 9.33. The van der Waals surface area contributed by atoms with Crippen molar-refractivity contribution in [2.24, 2.45) is 0 Å². The minimum atomic E-state index is -0.564. The van der Waals surface area contributed by atoms with Gasteiger partial charge in [0.25, 0.3) is 0 Å². The van der Waals surface area contributed by atoms with Crippen LogP contribution < -0.4 is 9.47 Å². The number of nitrogens with zero attached hydrogens (tertiary/aromatic N) is 1. The number of ether oxygens (including phenoxy) is 3. The first-order valence-electron chi connectivity index (χ1n) is 9.33. The molecule has 0 aromatic heterocycles. The number of aliphatic hydroxyl groups excluding tert-OH is 1. The standard InChI is InChI=1S/C22H31NO4/c1-18-7-4-5-8-22(18)27-17-20(24)16-23(13-6-14-25-2)15-19-9-11-21(26-3)12-10-19/h4-5,7-12,20,24H,6,13-17H2,1-3H3/t20-/m1/s1. The van der Waals surface area contributed by atoms with Gasteiger partial charge in [0.05, 0.1) is 7.11 Å². The van der Waals surface area contributed by atoms with E-state index in [4.69, 9.17) is 14.2 Å². The van der Waals surface area contributed by atoms with E-state index >= 15 is 0 Å². The minimum Gasteiger partial charge on any atom is -0.497 e. The Morgan fingerprint density at radius 3 is 2.44 bits per heavy atom. The second-order valence-electron chi connectivity index (χ2n) is 6.66. The maximum absolute atomic E-state index is 10.5. The largest absolute Gasteiger partial charge is 0.497 e. The lowest BCUT2D eigenvalue weighted by molar-refractivity contribution is 0.0615. The lowest BCUT2D eigenvalue weighted by atomic mass is 10.2. The molecule has 1 atom stereocenters. The summed E-state index contributed by atoms with van der Waals surface area (Å²) in [7, 11) is 3.37. The summed E-state index contributed by atoms with van der Waals surface area (Å²) in [5.74, 6) is 1.66. The molecule has 2 rings (SSSR count). The van der Waals surface area contributed by atoms with Gasteiger partial charge in [-0.05, 0) is 42.7 Å². The Balaban J connectivity index is 1.90.